The fraction of sp³-hybridized carbons (Fsp3) is 0.571. The van der Waals surface area contributed by atoms with Crippen molar-refractivity contribution in [2.75, 3.05) is 13.7 Å². The molecule has 1 aromatic carbocycles. The van der Waals surface area contributed by atoms with Gasteiger partial charge < -0.3 is 10.5 Å². The molecule has 1 aromatic rings. The zero-order valence-corrected chi connectivity index (χ0v) is 10.6. The Morgan fingerprint density at radius 2 is 2.06 bits per heavy atom. The molecule has 88 valence electrons. The van der Waals surface area contributed by atoms with Crippen LogP contribution in [0.5, 0.6) is 5.75 Å². The van der Waals surface area contributed by atoms with Crippen molar-refractivity contribution in [3.05, 3.63) is 29.3 Å². The zero-order chi connectivity index (χ0) is 11.9. The summed E-state index contributed by atoms with van der Waals surface area (Å²) in [7, 11) is 1.74. The molecule has 0 amide bonds. The summed E-state index contributed by atoms with van der Waals surface area (Å²) >= 11 is 0. The van der Waals surface area contributed by atoms with Gasteiger partial charge in [-0.05, 0) is 42.3 Å². The summed E-state index contributed by atoms with van der Waals surface area (Å²) in [6, 6.07) is 6.24. The summed E-state index contributed by atoms with van der Waals surface area (Å²) in [4.78, 5) is 0. The van der Waals surface area contributed by atoms with Crippen molar-refractivity contribution in [2.45, 2.75) is 26.7 Å². The van der Waals surface area contributed by atoms with Gasteiger partial charge in [-0.25, -0.2) is 0 Å². The lowest BCUT2D eigenvalue weighted by Gasteiger charge is -2.12. The fourth-order valence-electron chi connectivity index (χ4n) is 2.99. The Labute approximate surface area is 97.8 Å². The predicted octanol–water partition coefficient (Wildman–Crippen LogP) is 2.70. The molecule has 0 aliphatic heterocycles. The topological polar surface area (TPSA) is 35.2 Å². The Morgan fingerprint density at radius 1 is 1.38 bits per heavy atom. The summed E-state index contributed by atoms with van der Waals surface area (Å²) in [5, 5.41) is 0. The Morgan fingerprint density at radius 3 is 2.56 bits per heavy atom. The van der Waals surface area contributed by atoms with Crippen LogP contribution in [0.3, 0.4) is 0 Å². The van der Waals surface area contributed by atoms with E-state index in [1.165, 1.54) is 11.1 Å². The van der Waals surface area contributed by atoms with Crippen molar-refractivity contribution >= 4 is 0 Å². The Balaban J connectivity index is 2.42. The average molecular weight is 219 g/mol. The summed E-state index contributed by atoms with van der Waals surface area (Å²) in [5.41, 5.74) is 8.82. The number of methoxy groups -OCH3 is 1. The smallest absolute Gasteiger partial charge is 0.122 e. The number of hydrogen-bond donors (Lipinski definition) is 1. The minimum Gasteiger partial charge on any atom is -0.496 e. The second-order valence-corrected chi connectivity index (χ2v) is 5.33. The molecule has 2 N–H and O–H groups in total. The van der Waals surface area contributed by atoms with Crippen LogP contribution < -0.4 is 10.5 Å². The number of hydrogen-bond acceptors (Lipinski definition) is 2. The maximum absolute atomic E-state index is 5.84. The van der Waals surface area contributed by atoms with Crippen LogP contribution in [-0.2, 0) is 0 Å². The molecule has 0 spiro atoms. The second-order valence-electron chi connectivity index (χ2n) is 5.33. The molecule has 1 aliphatic rings. The van der Waals surface area contributed by atoms with Gasteiger partial charge in [0.1, 0.15) is 5.75 Å². The van der Waals surface area contributed by atoms with Gasteiger partial charge in [-0.2, -0.15) is 0 Å². The molecule has 2 nitrogen and oxygen atoms in total. The van der Waals surface area contributed by atoms with Crippen LogP contribution in [0.4, 0.5) is 0 Å². The van der Waals surface area contributed by atoms with E-state index in [1.807, 2.05) is 12.1 Å². The molecule has 0 radical (unpaired) electrons. The van der Waals surface area contributed by atoms with Crippen LogP contribution in [-0.4, -0.2) is 13.7 Å². The van der Waals surface area contributed by atoms with Gasteiger partial charge in [0.05, 0.1) is 7.11 Å². The second kappa shape index (κ2) is 3.77. The van der Waals surface area contributed by atoms with Crippen LogP contribution in [0, 0.1) is 18.3 Å². The lowest BCUT2D eigenvalue weighted by atomic mass is 9.98. The molecular weight excluding hydrogens is 198 g/mol. The predicted molar refractivity (Wildman–Crippen MR) is 66.8 cm³/mol. The quantitative estimate of drug-likeness (QED) is 0.848. The van der Waals surface area contributed by atoms with E-state index in [1.54, 1.807) is 7.11 Å². The standard InChI is InChI=1S/C14H21NO/c1-9-6-5-7-11(16-4)12(9)13-10(8-15)14(13,2)3/h5-7,10,13H,8,15H2,1-4H3/t10-,13+/m0/s1. The summed E-state index contributed by atoms with van der Waals surface area (Å²) in [6.07, 6.45) is 0. The molecule has 0 saturated heterocycles. The summed E-state index contributed by atoms with van der Waals surface area (Å²) in [5.74, 6) is 2.14. The van der Waals surface area contributed by atoms with Gasteiger partial charge in [-0.1, -0.05) is 26.0 Å². The minimum atomic E-state index is 0.314. The number of nitrogens with two attached hydrogens (primary N) is 1. The third-order valence-corrected chi connectivity index (χ3v) is 4.12. The maximum atomic E-state index is 5.84. The lowest BCUT2D eigenvalue weighted by molar-refractivity contribution is 0.407. The van der Waals surface area contributed by atoms with Gasteiger partial charge in [0.15, 0.2) is 0 Å². The van der Waals surface area contributed by atoms with Crippen LogP contribution in [0.1, 0.15) is 30.9 Å². The zero-order valence-electron chi connectivity index (χ0n) is 10.6. The molecule has 2 heteroatoms. The third kappa shape index (κ3) is 1.52. The lowest BCUT2D eigenvalue weighted by Crippen LogP contribution is -2.05. The molecule has 16 heavy (non-hydrogen) atoms. The van der Waals surface area contributed by atoms with Gasteiger partial charge in [0.2, 0.25) is 0 Å². The van der Waals surface area contributed by atoms with E-state index < -0.39 is 0 Å². The molecule has 0 aromatic heterocycles. The summed E-state index contributed by atoms with van der Waals surface area (Å²) in [6.45, 7) is 7.50. The van der Waals surface area contributed by atoms with Crippen LogP contribution >= 0.6 is 0 Å². The highest BCUT2D eigenvalue weighted by atomic mass is 16.5. The Kier molecular flexibility index (Phi) is 2.70. The number of rotatable bonds is 3. The maximum Gasteiger partial charge on any atom is 0.122 e. The highest BCUT2D eigenvalue weighted by molar-refractivity contribution is 5.47. The third-order valence-electron chi connectivity index (χ3n) is 4.12. The van der Waals surface area contributed by atoms with E-state index in [4.69, 9.17) is 10.5 Å². The van der Waals surface area contributed by atoms with Crippen molar-refractivity contribution < 1.29 is 4.74 Å². The Bertz CT molecular complexity index is 398. The van der Waals surface area contributed by atoms with Crippen LogP contribution in [0.25, 0.3) is 0 Å². The molecule has 1 saturated carbocycles. The number of benzene rings is 1. The van der Waals surface area contributed by atoms with E-state index in [2.05, 4.69) is 26.8 Å². The van der Waals surface area contributed by atoms with Gasteiger partial charge in [0.25, 0.3) is 0 Å². The molecule has 1 fully saturated rings. The SMILES string of the molecule is COc1cccc(C)c1[C@H]1[C@H](CN)C1(C)C. The molecular formula is C14H21NO. The van der Waals surface area contributed by atoms with Crippen molar-refractivity contribution in [1.29, 1.82) is 0 Å². The van der Waals surface area contributed by atoms with Crippen LogP contribution in [0.2, 0.25) is 0 Å². The average Bonchev–Trinajstić information content (AvgIpc) is 2.79. The molecule has 2 rings (SSSR count). The number of aryl methyl sites for hydroxylation is 1. The molecule has 1 aliphatic carbocycles. The van der Waals surface area contributed by atoms with E-state index >= 15 is 0 Å². The normalized spacial score (nSPS) is 26.6. The monoisotopic (exact) mass is 219 g/mol. The highest BCUT2D eigenvalue weighted by Gasteiger charge is 2.58. The first-order chi connectivity index (χ1) is 7.54. The number of ether oxygens (including phenoxy) is 1. The van der Waals surface area contributed by atoms with Gasteiger partial charge in [-0.3, -0.25) is 0 Å². The van der Waals surface area contributed by atoms with Crippen molar-refractivity contribution in [3.8, 4) is 5.75 Å². The van der Waals surface area contributed by atoms with E-state index in [0.717, 1.165) is 12.3 Å². The largest absolute Gasteiger partial charge is 0.496 e. The van der Waals surface area contributed by atoms with E-state index in [9.17, 15) is 0 Å². The van der Waals surface area contributed by atoms with E-state index in [0.29, 0.717) is 17.3 Å². The van der Waals surface area contributed by atoms with Gasteiger partial charge >= 0.3 is 0 Å². The van der Waals surface area contributed by atoms with Crippen LogP contribution in [0.15, 0.2) is 18.2 Å². The summed E-state index contributed by atoms with van der Waals surface area (Å²) < 4.78 is 5.47. The highest BCUT2D eigenvalue weighted by Crippen LogP contribution is 2.65. The molecule has 0 heterocycles. The minimum absolute atomic E-state index is 0.314. The van der Waals surface area contributed by atoms with Gasteiger partial charge in [-0.15, -0.1) is 0 Å². The molecule has 0 bridgehead atoms. The molecule has 0 unspecified atom stereocenters. The van der Waals surface area contributed by atoms with Crippen molar-refractivity contribution in [1.82, 2.24) is 0 Å². The first kappa shape index (κ1) is 11.5. The first-order valence-electron chi connectivity index (χ1n) is 5.87. The Hall–Kier alpha value is -1.02. The molecule has 2 atom stereocenters. The fourth-order valence-corrected chi connectivity index (χ4v) is 2.99. The van der Waals surface area contributed by atoms with Crippen molar-refractivity contribution in [2.24, 2.45) is 17.1 Å². The van der Waals surface area contributed by atoms with E-state index in [-0.39, 0.29) is 0 Å². The first-order valence-corrected chi connectivity index (χ1v) is 5.87. The van der Waals surface area contributed by atoms with Crippen molar-refractivity contribution in [3.63, 3.8) is 0 Å². The van der Waals surface area contributed by atoms with Gasteiger partial charge in [0, 0.05) is 5.56 Å².